The van der Waals surface area contributed by atoms with Crippen LogP contribution in [0, 0.1) is 16.7 Å². The Bertz CT molecular complexity index is 484. The van der Waals surface area contributed by atoms with Gasteiger partial charge in [0, 0.05) is 19.2 Å². The molecule has 0 saturated carbocycles. The van der Waals surface area contributed by atoms with Crippen LogP contribution in [0.3, 0.4) is 0 Å². The Hall–Kier alpha value is -1.52. The lowest BCUT2D eigenvalue weighted by molar-refractivity contribution is -0.153. The van der Waals surface area contributed by atoms with E-state index >= 15 is 0 Å². The van der Waals surface area contributed by atoms with Gasteiger partial charge in [-0.25, -0.2) is 9.59 Å². The summed E-state index contributed by atoms with van der Waals surface area (Å²) in [5, 5.41) is 5.96. The number of hydrogen-bond donors (Lipinski definition) is 2. The summed E-state index contributed by atoms with van der Waals surface area (Å²) >= 11 is 0. The molecule has 1 atom stereocenters. The highest BCUT2D eigenvalue weighted by molar-refractivity contribution is 5.81. The maximum Gasteiger partial charge on any atom is 0.330 e. The molecular weight excluding hydrogens is 328 g/mol. The van der Waals surface area contributed by atoms with Crippen LogP contribution in [0.2, 0.25) is 0 Å². The van der Waals surface area contributed by atoms with Crippen LogP contribution in [-0.2, 0) is 9.53 Å². The lowest BCUT2D eigenvalue weighted by Crippen LogP contribution is -2.46. The molecule has 0 aliphatic heterocycles. The molecule has 0 aliphatic rings. The van der Waals surface area contributed by atoms with Crippen LogP contribution in [-0.4, -0.2) is 30.7 Å². The Labute approximate surface area is 160 Å². The minimum Gasteiger partial charge on any atom is -0.457 e. The van der Waals surface area contributed by atoms with E-state index in [1.165, 1.54) is 6.08 Å². The summed E-state index contributed by atoms with van der Waals surface area (Å²) in [5.74, 6) is 0.172. The van der Waals surface area contributed by atoms with Gasteiger partial charge in [0.25, 0.3) is 0 Å². The zero-order chi connectivity index (χ0) is 20.6. The quantitative estimate of drug-likeness (QED) is 0.411. The van der Waals surface area contributed by atoms with Crippen LogP contribution < -0.4 is 10.6 Å². The second kappa shape index (κ2) is 9.98. The Kier molecular flexibility index (Phi) is 9.40. The van der Waals surface area contributed by atoms with Crippen molar-refractivity contribution in [2.45, 2.75) is 80.3 Å². The van der Waals surface area contributed by atoms with Gasteiger partial charge in [0.15, 0.2) is 0 Å². The number of nitrogens with one attached hydrogen (secondary N) is 2. The van der Waals surface area contributed by atoms with E-state index in [1.807, 2.05) is 13.8 Å². The number of carbonyl (C=O) groups is 2. The van der Waals surface area contributed by atoms with E-state index in [2.05, 4.69) is 58.8 Å². The first-order valence-electron chi connectivity index (χ1n) is 9.61. The van der Waals surface area contributed by atoms with Crippen molar-refractivity contribution < 1.29 is 14.3 Å². The number of esters is 1. The molecule has 0 aromatic carbocycles. The van der Waals surface area contributed by atoms with Crippen LogP contribution in [0.4, 0.5) is 4.79 Å². The Balaban J connectivity index is 4.60. The van der Waals surface area contributed by atoms with Crippen molar-refractivity contribution in [1.82, 2.24) is 10.6 Å². The minimum absolute atomic E-state index is 0.0699. The number of amides is 2. The Morgan fingerprint density at radius 2 is 1.62 bits per heavy atom. The molecule has 0 fully saturated rings. The van der Waals surface area contributed by atoms with Crippen molar-refractivity contribution in [3.05, 3.63) is 12.7 Å². The Morgan fingerprint density at radius 1 is 1.08 bits per heavy atom. The molecule has 2 amide bonds. The highest BCUT2D eigenvalue weighted by Gasteiger charge is 2.34. The van der Waals surface area contributed by atoms with Gasteiger partial charge in [-0.15, -0.1) is 0 Å². The van der Waals surface area contributed by atoms with Crippen molar-refractivity contribution in [3.8, 4) is 0 Å². The van der Waals surface area contributed by atoms with Crippen LogP contribution in [0.1, 0.15) is 74.7 Å². The van der Waals surface area contributed by atoms with Crippen molar-refractivity contribution in [1.29, 1.82) is 0 Å². The molecule has 0 saturated heterocycles. The summed E-state index contributed by atoms with van der Waals surface area (Å²) in [6.45, 7) is 21.3. The zero-order valence-corrected chi connectivity index (χ0v) is 18.1. The SMILES string of the molecule is C=CC(=O)OC(C)(C)CC(C)(CC)CNC(=O)NCC(C)(C)CC(C)C. The van der Waals surface area contributed by atoms with E-state index in [0.717, 1.165) is 12.8 Å². The smallest absolute Gasteiger partial charge is 0.330 e. The van der Waals surface area contributed by atoms with E-state index in [1.54, 1.807) is 0 Å². The first-order valence-corrected chi connectivity index (χ1v) is 9.61. The average Bonchev–Trinajstić information content (AvgIpc) is 2.48. The monoisotopic (exact) mass is 368 g/mol. The van der Waals surface area contributed by atoms with Crippen molar-refractivity contribution >= 4 is 12.0 Å². The Morgan fingerprint density at radius 3 is 2.08 bits per heavy atom. The molecular formula is C21H40N2O3. The average molecular weight is 369 g/mol. The van der Waals surface area contributed by atoms with Gasteiger partial charge in [-0.1, -0.05) is 48.1 Å². The van der Waals surface area contributed by atoms with Gasteiger partial charge in [0.2, 0.25) is 0 Å². The molecule has 5 heteroatoms. The number of rotatable bonds is 11. The standard InChI is InChI=1S/C21H40N2O3/c1-10-17(24)26-20(7,8)13-21(9,11-2)15-23-18(25)22-14-19(5,6)12-16(3)4/h10,16H,1,11-15H2,2-9H3,(H2,22,23,25). The molecule has 0 radical (unpaired) electrons. The molecule has 5 nitrogen and oxygen atoms in total. The maximum absolute atomic E-state index is 12.2. The second-order valence-corrected chi connectivity index (χ2v) is 9.52. The second-order valence-electron chi connectivity index (χ2n) is 9.52. The fourth-order valence-electron chi connectivity index (χ4n) is 3.54. The minimum atomic E-state index is -0.618. The van der Waals surface area contributed by atoms with E-state index in [0.29, 0.717) is 25.4 Å². The first-order chi connectivity index (χ1) is 11.7. The molecule has 0 spiro atoms. The summed E-state index contributed by atoms with van der Waals surface area (Å²) in [5.41, 5.74) is -0.719. The molecule has 0 aromatic heterocycles. The first kappa shape index (κ1) is 24.5. The summed E-state index contributed by atoms with van der Waals surface area (Å²) in [7, 11) is 0. The molecule has 0 heterocycles. The highest BCUT2D eigenvalue weighted by atomic mass is 16.6. The van der Waals surface area contributed by atoms with E-state index < -0.39 is 11.6 Å². The van der Waals surface area contributed by atoms with Gasteiger partial charge in [0.1, 0.15) is 5.60 Å². The lowest BCUT2D eigenvalue weighted by atomic mass is 9.77. The normalized spacial score (nSPS) is 14.5. The fraction of sp³-hybridized carbons (Fsp3) is 0.810. The summed E-state index contributed by atoms with van der Waals surface area (Å²) in [6.07, 6.45) is 3.74. The van der Waals surface area contributed by atoms with Gasteiger partial charge in [-0.2, -0.15) is 0 Å². The molecule has 0 rings (SSSR count). The lowest BCUT2D eigenvalue weighted by Gasteiger charge is -2.36. The van der Waals surface area contributed by atoms with Crippen LogP contribution in [0.5, 0.6) is 0 Å². The maximum atomic E-state index is 12.2. The van der Waals surface area contributed by atoms with Gasteiger partial charge < -0.3 is 15.4 Å². The van der Waals surface area contributed by atoms with Crippen LogP contribution in [0.25, 0.3) is 0 Å². The number of hydrogen-bond acceptors (Lipinski definition) is 3. The van der Waals surface area contributed by atoms with Crippen LogP contribution in [0.15, 0.2) is 12.7 Å². The van der Waals surface area contributed by atoms with Gasteiger partial charge >= 0.3 is 12.0 Å². The molecule has 0 bridgehead atoms. The van der Waals surface area contributed by atoms with Crippen molar-refractivity contribution in [3.63, 3.8) is 0 Å². The third-order valence-electron chi connectivity index (χ3n) is 4.61. The predicted molar refractivity (Wildman–Crippen MR) is 108 cm³/mol. The van der Waals surface area contributed by atoms with E-state index in [4.69, 9.17) is 4.74 Å². The molecule has 0 aliphatic carbocycles. The highest BCUT2D eigenvalue weighted by Crippen LogP contribution is 2.33. The summed E-state index contributed by atoms with van der Waals surface area (Å²) in [6, 6.07) is -0.151. The van der Waals surface area contributed by atoms with Gasteiger partial charge in [-0.3, -0.25) is 0 Å². The molecule has 2 N–H and O–H groups in total. The largest absolute Gasteiger partial charge is 0.457 e. The molecule has 1 unspecified atom stereocenters. The summed E-state index contributed by atoms with van der Waals surface area (Å²) < 4.78 is 5.44. The number of urea groups is 1. The number of ether oxygens (including phenoxy) is 1. The molecule has 152 valence electrons. The molecule has 0 aromatic rings. The molecule has 26 heavy (non-hydrogen) atoms. The van der Waals surface area contributed by atoms with E-state index in [9.17, 15) is 9.59 Å². The third-order valence-corrected chi connectivity index (χ3v) is 4.61. The van der Waals surface area contributed by atoms with Crippen LogP contribution >= 0.6 is 0 Å². The zero-order valence-electron chi connectivity index (χ0n) is 18.1. The van der Waals surface area contributed by atoms with Crippen molar-refractivity contribution in [2.24, 2.45) is 16.7 Å². The van der Waals surface area contributed by atoms with Gasteiger partial charge in [-0.05, 0) is 49.9 Å². The summed E-state index contributed by atoms with van der Waals surface area (Å²) in [4.78, 5) is 23.7. The van der Waals surface area contributed by atoms with Gasteiger partial charge in [0.05, 0.1) is 0 Å². The topological polar surface area (TPSA) is 67.4 Å². The predicted octanol–water partition coefficient (Wildman–Crippen LogP) is 4.67. The third kappa shape index (κ3) is 10.5. The number of carbonyl (C=O) groups excluding carboxylic acids is 2. The fourth-order valence-corrected chi connectivity index (χ4v) is 3.54. The van der Waals surface area contributed by atoms with Crippen molar-refractivity contribution in [2.75, 3.05) is 13.1 Å². The van der Waals surface area contributed by atoms with E-state index in [-0.39, 0.29) is 16.9 Å².